The van der Waals surface area contributed by atoms with Crippen LogP contribution in [0.3, 0.4) is 0 Å². The molecule has 4 nitrogen and oxygen atoms in total. The molecule has 6 rings (SSSR count). The first-order chi connectivity index (χ1) is 14.2. The molecule has 0 spiro atoms. The molecule has 2 aromatic carbocycles. The van der Waals surface area contributed by atoms with Crippen LogP contribution in [0.5, 0.6) is 0 Å². The zero-order valence-corrected chi connectivity index (χ0v) is 17.2. The molecule has 1 aliphatic rings. The van der Waals surface area contributed by atoms with Gasteiger partial charge in [0.15, 0.2) is 5.78 Å². The van der Waals surface area contributed by atoms with E-state index in [1.54, 1.807) is 29.4 Å². The van der Waals surface area contributed by atoms with Crippen LogP contribution in [0.2, 0.25) is 0 Å². The molecular formula is C23H15N3OS2. The van der Waals surface area contributed by atoms with Crippen LogP contribution in [0.1, 0.15) is 21.5 Å². The Morgan fingerprint density at radius 2 is 2.00 bits per heavy atom. The van der Waals surface area contributed by atoms with Crippen molar-refractivity contribution in [3.63, 3.8) is 0 Å². The normalized spacial score (nSPS) is 16.2. The summed E-state index contributed by atoms with van der Waals surface area (Å²) in [4.78, 5) is 27.7. The maximum Gasteiger partial charge on any atom is 0.176 e. The lowest BCUT2D eigenvalue weighted by Crippen LogP contribution is -2.11. The molecular weight excluding hydrogens is 398 g/mol. The summed E-state index contributed by atoms with van der Waals surface area (Å²) in [6, 6.07) is 16.4. The van der Waals surface area contributed by atoms with Gasteiger partial charge in [-0.15, -0.1) is 11.3 Å². The molecule has 140 valence electrons. The average Bonchev–Trinajstić information content (AvgIpc) is 3.25. The van der Waals surface area contributed by atoms with Gasteiger partial charge in [0.1, 0.15) is 16.2 Å². The van der Waals surface area contributed by atoms with Gasteiger partial charge in [-0.2, -0.15) is 0 Å². The van der Waals surface area contributed by atoms with Crippen molar-refractivity contribution in [1.29, 1.82) is 0 Å². The third-order valence-corrected chi connectivity index (χ3v) is 7.82. The van der Waals surface area contributed by atoms with Crippen molar-refractivity contribution in [1.82, 2.24) is 15.0 Å². The summed E-state index contributed by atoms with van der Waals surface area (Å²) in [5, 5.41) is 2.89. The number of hydrogen-bond acceptors (Lipinski definition) is 6. The first kappa shape index (κ1) is 17.1. The molecule has 0 unspecified atom stereocenters. The van der Waals surface area contributed by atoms with E-state index in [0.717, 1.165) is 53.9 Å². The Morgan fingerprint density at radius 3 is 2.90 bits per heavy atom. The minimum absolute atomic E-state index is 0.134. The Hall–Kier alpha value is -2.83. The van der Waals surface area contributed by atoms with Crippen LogP contribution in [0.15, 0.2) is 59.9 Å². The van der Waals surface area contributed by atoms with E-state index in [9.17, 15) is 4.79 Å². The van der Waals surface area contributed by atoms with Gasteiger partial charge < -0.3 is 0 Å². The molecule has 5 aromatic rings. The maximum atomic E-state index is 12.8. The molecule has 29 heavy (non-hydrogen) atoms. The minimum Gasteiger partial charge on any atom is -0.293 e. The van der Waals surface area contributed by atoms with Gasteiger partial charge in [0, 0.05) is 16.3 Å². The molecule has 6 heteroatoms. The average molecular weight is 414 g/mol. The molecule has 0 saturated heterocycles. The molecule has 0 bridgehead atoms. The number of thioether (sulfide) groups is 1. The van der Waals surface area contributed by atoms with Gasteiger partial charge >= 0.3 is 0 Å². The minimum atomic E-state index is -0.134. The van der Waals surface area contributed by atoms with Crippen LogP contribution in [0.25, 0.3) is 31.3 Å². The number of hydrogen-bond donors (Lipinski definition) is 0. The van der Waals surface area contributed by atoms with E-state index in [1.807, 2.05) is 24.3 Å². The number of nitrogens with zero attached hydrogens (tertiary/aromatic N) is 3. The number of ketones is 1. The number of benzene rings is 2. The Balaban J connectivity index is 1.47. The summed E-state index contributed by atoms with van der Waals surface area (Å²) in [7, 11) is 0. The molecule has 0 radical (unpaired) electrons. The lowest BCUT2D eigenvalue weighted by molar-refractivity contribution is 0.1000. The van der Waals surface area contributed by atoms with Crippen molar-refractivity contribution < 1.29 is 4.79 Å². The molecule has 0 aliphatic heterocycles. The molecule has 3 aromatic heterocycles. The first-order valence-electron chi connectivity index (χ1n) is 9.41. The van der Waals surface area contributed by atoms with Gasteiger partial charge in [-0.05, 0) is 36.6 Å². The molecule has 1 atom stereocenters. The van der Waals surface area contributed by atoms with E-state index >= 15 is 0 Å². The number of Topliss-reactive ketones (excluding diaryl/α,β-unsaturated/α-hetero) is 1. The molecule has 1 aliphatic carbocycles. The number of carbonyl (C=O) groups is 1. The third kappa shape index (κ3) is 2.67. The number of pyridine rings is 1. The summed E-state index contributed by atoms with van der Waals surface area (Å²) in [6.45, 7) is 2.08. The fourth-order valence-corrected chi connectivity index (χ4v) is 6.31. The fourth-order valence-electron chi connectivity index (χ4n) is 3.96. The van der Waals surface area contributed by atoms with Gasteiger partial charge in [-0.3, -0.25) is 4.79 Å². The summed E-state index contributed by atoms with van der Waals surface area (Å²) in [5.74, 6) is 0.192. The van der Waals surface area contributed by atoms with Crippen molar-refractivity contribution in [2.24, 2.45) is 0 Å². The van der Waals surface area contributed by atoms with Crippen LogP contribution in [0, 0.1) is 6.92 Å². The number of rotatable bonds is 2. The predicted octanol–water partition coefficient (Wildman–Crippen LogP) is 5.60. The maximum absolute atomic E-state index is 12.8. The summed E-state index contributed by atoms with van der Waals surface area (Å²) >= 11 is 3.16. The molecule has 0 fully saturated rings. The van der Waals surface area contributed by atoms with Gasteiger partial charge in [-0.25, -0.2) is 15.0 Å². The number of thiophene rings is 1. The highest BCUT2D eigenvalue weighted by Gasteiger charge is 2.32. The Morgan fingerprint density at radius 1 is 1.10 bits per heavy atom. The quantitative estimate of drug-likeness (QED) is 0.353. The van der Waals surface area contributed by atoms with E-state index in [1.165, 1.54) is 5.56 Å². The lowest BCUT2D eigenvalue weighted by Gasteiger charge is -2.07. The van der Waals surface area contributed by atoms with Crippen molar-refractivity contribution in [2.75, 3.05) is 0 Å². The first-order valence-corrected chi connectivity index (χ1v) is 11.1. The summed E-state index contributed by atoms with van der Waals surface area (Å²) in [6.07, 6.45) is 2.35. The van der Waals surface area contributed by atoms with Crippen molar-refractivity contribution in [3.05, 3.63) is 71.5 Å². The zero-order valence-electron chi connectivity index (χ0n) is 15.5. The monoisotopic (exact) mass is 413 g/mol. The highest BCUT2D eigenvalue weighted by molar-refractivity contribution is 8.01. The van der Waals surface area contributed by atoms with Crippen molar-refractivity contribution in [2.45, 2.75) is 23.6 Å². The van der Waals surface area contributed by atoms with Gasteiger partial charge in [0.2, 0.25) is 0 Å². The molecule has 0 amide bonds. The smallest absolute Gasteiger partial charge is 0.176 e. The largest absolute Gasteiger partial charge is 0.293 e. The fraction of sp³-hybridized carbons (Fsp3) is 0.130. The van der Waals surface area contributed by atoms with E-state index in [-0.39, 0.29) is 11.0 Å². The Labute approximate surface area is 175 Å². The Bertz CT molecular complexity index is 1460. The van der Waals surface area contributed by atoms with Crippen LogP contribution < -0.4 is 0 Å². The van der Waals surface area contributed by atoms with Gasteiger partial charge in [-0.1, -0.05) is 48.2 Å². The SMILES string of the molecule is Cc1ccc2cc3c(nc2c1)sc1c(S[C@H]2Cc4ccccc4C2=O)ncnc13. The van der Waals surface area contributed by atoms with Crippen LogP contribution in [0.4, 0.5) is 0 Å². The number of aryl methyl sites for hydroxylation is 1. The second-order valence-electron chi connectivity index (χ2n) is 7.33. The number of fused-ring (bicyclic) bond motifs is 5. The highest BCUT2D eigenvalue weighted by Crippen LogP contribution is 2.41. The van der Waals surface area contributed by atoms with Gasteiger partial charge in [0.25, 0.3) is 0 Å². The lowest BCUT2D eigenvalue weighted by atomic mass is 10.1. The van der Waals surface area contributed by atoms with Crippen molar-refractivity contribution in [3.8, 4) is 0 Å². The standard InChI is InChI=1S/C23H15N3OS2/c1-12-6-7-14-9-16-19-21(29-22(16)26-17(14)8-12)23(25-11-24-19)28-18-10-13-4-2-3-5-15(13)20(18)27/h2-9,11,18H,10H2,1H3/t18-/m0/s1. The van der Waals surface area contributed by atoms with E-state index in [4.69, 9.17) is 4.98 Å². The molecule has 0 saturated carbocycles. The second-order valence-corrected chi connectivity index (χ2v) is 9.52. The topological polar surface area (TPSA) is 55.7 Å². The number of aromatic nitrogens is 3. The second kappa shape index (κ2) is 6.34. The van der Waals surface area contributed by atoms with Crippen LogP contribution in [-0.4, -0.2) is 26.0 Å². The predicted molar refractivity (Wildman–Crippen MR) is 119 cm³/mol. The van der Waals surface area contributed by atoms with Gasteiger partial charge in [0.05, 0.1) is 21.0 Å². The number of carbonyl (C=O) groups excluding carboxylic acids is 1. The summed E-state index contributed by atoms with van der Waals surface area (Å²) in [5.41, 5.74) is 5.07. The van der Waals surface area contributed by atoms with E-state index in [0.29, 0.717) is 0 Å². The van der Waals surface area contributed by atoms with Crippen LogP contribution >= 0.6 is 23.1 Å². The van der Waals surface area contributed by atoms with Crippen LogP contribution in [-0.2, 0) is 6.42 Å². The van der Waals surface area contributed by atoms with E-state index < -0.39 is 0 Å². The zero-order chi connectivity index (χ0) is 19.5. The molecule has 3 heterocycles. The third-order valence-electron chi connectivity index (χ3n) is 5.40. The molecule has 0 N–H and O–H groups in total. The summed E-state index contributed by atoms with van der Waals surface area (Å²) < 4.78 is 1.01. The van der Waals surface area contributed by atoms with E-state index in [2.05, 4.69) is 41.2 Å². The van der Waals surface area contributed by atoms with Crippen molar-refractivity contribution >= 4 is 60.2 Å². The Kier molecular flexibility index (Phi) is 3.73. The highest BCUT2D eigenvalue weighted by atomic mass is 32.2.